The van der Waals surface area contributed by atoms with Crippen LogP contribution in [-0.4, -0.2) is 4.98 Å². The molecule has 0 aliphatic heterocycles. The monoisotopic (exact) mass is 172 g/mol. The largest absolute Gasteiger partial charge is 0.398 e. The average molecular weight is 172 g/mol. The topological polar surface area (TPSA) is 38.9 Å². The predicted molar refractivity (Wildman–Crippen MR) is 55.6 cm³/mol. The second-order valence-electron chi connectivity index (χ2n) is 3.33. The summed E-state index contributed by atoms with van der Waals surface area (Å²) in [6.45, 7) is 4.11. The highest BCUT2D eigenvalue weighted by Gasteiger charge is 2.03. The van der Waals surface area contributed by atoms with Crippen molar-refractivity contribution in [3.05, 3.63) is 35.7 Å². The van der Waals surface area contributed by atoms with Gasteiger partial charge in [0.1, 0.15) is 0 Å². The Balaban J connectivity index is 2.94. The van der Waals surface area contributed by atoms with E-state index in [1.807, 2.05) is 19.2 Å². The van der Waals surface area contributed by atoms with E-state index in [0.717, 1.165) is 16.5 Å². The van der Waals surface area contributed by atoms with E-state index in [9.17, 15) is 0 Å². The fourth-order valence-corrected chi connectivity index (χ4v) is 1.52. The molecule has 13 heavy (non-hydrogen) atoms. The van der Waals surface area contributed by atoms with Gasteiger partial charge < -0.3 is 5.73 Å². The van der Waals surface area contributed by atoms with Gasteiger partial charge in [-0.15, -0.1) is 0 Å². The molecule has 2 heteroatoms. The Bertz CT molecular complexity index is 461. The maximum Gasteiger partial charge on any atom is 0.0427 e. The molecule has 0 radical (unpaired) electrons. The summed E-state index contributed by atoms with van der Waals surface area (Å²) in [5.41, 5.74) is 9.25. The van der Waals surface area contributed by atoms with Crippen molar-refractivity contribution in [1.82, 2.24) is 4.98 Å². The number of hydrogen-bond acceptors (Lipinski definition) is 2. The van der Waals surface area contributed by atoms with Crippen LogP contribution in [0.4, 0.5) is 5.69 Å². The van der Waals surface area contributed by atoms with Gasteiger partial charge in [-0.05, 0) is 37.1 Å². The Hall–Kier alpha value is -1.57. The van der Waals surface area contributed by atoms with E-state index in [1.54, 1.807) is 6.20 Å². The third-order valence-corrected chi connectivity index (χ3v) is 2.51. The van der Waals surface area contributed by atoms with Gasteiger partial charge in [0.2, 0.25) is 0 Å². The molecule has 1 aromatic heterocycles. The molecule has 0 atom stereocenters. The summed E-state index contributed by atoms with van der Waals surface area (Å²) in [5, 5.41) is 2.21. The molecule has 0 aliphatic carbocycles. The van der Waals surface area contributed by atoms with Crippen molar-refractivity contribution >= 4 is 16.5 Å². The van der Waals surface area contributed by atoms with Gasteiger partial charge in [0.25, 0.3) is 0 Å². The highest BCUT2D eigenvalue weighted by molar-refractivity contribution is 5.94. The first-order chi connectivity index (χ1) is 6.20. The SMILES string of the molecule is Cc1cc2cnccc2c(N)c1C. The minimum absolute atomic E-state index is 0.873. The zero-order chi connectivity index (χ0) is 9.42. The molecular formula is C11H12N2. The highest BCUT2D eigenvalue weighted by atomic mass is 14.6. The first-order valence-corrected chi connectivity index (χ1v) is 4.29. The fraction of sp³-hybridized carbons (Fsp3) is 0.182. The van der Waals surface area contributed by atoms with E-state index >= 15 is 0 Å². The number of anilines is 1. The number of rotatable bonds is 0. The van der Waals surface area contributed by atoms with Crippen LogP contribution in [0.3, 0.4) is 0 Å². The van der Waals surface area contributed by atoms with Crippen molar-refractivity contribution < 1.29 is 0 Å². The number of aryl methyl sites for hydroxylation is 1. The third-order valence-electron chi connectivity index (χ3n) is 2.51. The fourth-order valence-electron chi connectivity index (χ4n) is 1.52. The molecule has 1 heterocycles. The molecule has 0 aliphatic rings. The second-order valence-corrected chi connectivity index (χ2v) is 3.33. The lowest BCUT2D eigenvalue weighted by Gasteiger charge is -2.07. The van der Waals surface area contributed by atoms with Crippen LogP contribution in [0.1, 0.15) is 11.1 Å². The lowest BCUT2D eigenvalue weighted by molar-refractivity contribution is 1.33. The molecule has 0 unspecified atom stereocenters. The molecule has 0 saturated heterocycles. The number of benzene rings is 1. The maximum atomic E-state index is 5.99. The molecule has 0 saturated carbocycles. The lowest BCUT2D eigenvalue weighted by atomic mass is 10.0. The van der Waals surface area contributed by atoms with Crippen LogP contribution in [0.2, 0.25) is 0 Å². The quantitative estimate of drug-likeness (QED) is 0.620. The summed E-state index contributed by atoms with van der Waals surface area (Å²) < 4.78 is 0. The van der Waals surface area contributed by atoms with Crippen LogP contribution in [0.15, 0.2) is 24.5 Å². The molecule has 1 aromatic carbocycles. The van der Waals surface area contributed by atoms with Crippen LogP contribution in [0.25, 0.3) is 10.8 Å². The van der Waals surface area contributed by atoms with Gasteiger partial charge in [-0.2, -0.15) is 0 Å². The Morgan fingerprint density at radius 2 is 2.08 bits per heavy atom. The van der Waals surface area contributed by atoms with Gasteiger partial charge in [0.05, 0.1) is 0 Å². The number of hydrogen-bond donors (Lipinski definition) is 1. The summed E-state index contributed by atoms with van der Waals surface area (Å²) in [7, 11) is 0. The summed E-state index contributed by atoms with van der Waals surface area (Å²) in [5.74, 6) is 0. The van der Waals surface area contributed by atoms with Crippen LogP contribution >= 0.6 is 0 Å². The second kappa shape index (κ2) is 2.73. The summed E-state index contributed by atoms with van der Waals surface area (Å²) in [6.07, 6.45) is 3.62. The van der Waals surface area contributed by atoms with Gasteiger partial charge in [0, 0.05) is 28.9 Å². The average Bonchev–Trinajstić information content (AvgIpc) is 2.15. The minimum Gasteiger partial charge on any atom is -0.398 e. The van der Waals surface area contributed by atoms with Crippen LogP contribution in [-0.2, 0) is 0 Å². The lowest BCUT2D eigenvalue weighted by Crippen LogP contribution is -1.94. The van der Waals surface area contributed by atoms with Crippen LogP contribution in [0, 0.1) is 13.8 Å². The number of pyridine rings is 1. The maximum absolute atomic E-state index is 5.99. The molecule has 2 aromatic rings. The summed E-state index contributed by atoms with van der Waals surface area (Å²) >= 11 is 0. The Labute approximate surface area is 77.4 Å². The van der Waals surface area contributed by atoms with Crippen molar-refractivity contribution in [3.8, 4) is 0 Å². The van der Waals surface area contributed by atoms with E-state index in [1.165, 1.54) is 11.1 Å². The van der Waals surface area contributed by atoms with Crippen molar-refractivity contribution in [1.29, 1.82) is 0 Å². The first-order valence-electron chi connectivity index (χ1n) is 4.29. The zero-order valence-electron chi connectivity index (χ0n) is 7.83. The van der Waals surface area contributed by atoms with Gasteiger partial charge >= 0.3 is 0 Å². The summed E-state index contributed by atoms with van der Waals surface area (Å²) in [4.78, 5) is 4.07. The predicted octanol–water partition coefficient (Wildman–Crippen LogP) is 2.43. The zero-order valence-corrected chi connectivity index (χ0v) is 7.83. The third kappa shape index (κ3) is 1.15. The van der Waals surface area contributed by atoms with Crippen molar-refractivity contribution in [2.45, 2.75) is 13.8 Å². The van der Waals surface area contributed by atoms with Gasteiger partial charge in [-0.25, -0.2) is 0 Å². The summed E-state index contributed by atoms with van der Waals surface area (Å²) in [6, 6.07) is 4.07. The smallest absolute Gasteiger partial charge is 0.0427 e. The molecule has 2 N–H and O–H groups in total. The van der Waals surface area contributed by atoms with Crippen molar-refractivity contribution in [2.75, 3.05) is 5.73 Å². The van der Waals surface area contributed by atoms with Crippen LogP contribution in [0.5, 0.6) is 0 Å². The minimum atomic E-state index is 0.873. The molecule has 0 spiro atoms. The molecule has 2 nitrogen and oxygen atoms in total. The van der Waals surface area contributed by atoms with E-state index < -0.39 is 0 Å². The molecule has 66 valence electrons. The van der Waals surface area contributed by atoms with Gasteiger partial charge in [-0.3, -0.25) is 4.98 Å². The van der Waals surface area contributed by atoms with Crippen molar-refractivity contribution in [2.24, 2.45) is 0 Å². The number of nitrogens with zero attached hydrogens (tertiary/aromatic N) is 1. The number of fused-ring (bicyclic) bond motifs is 1. The Morgan fingerprint density at radius 3 is 2.85 bits per heavy atom. The van der Waals surface area contributed by atoms with Gasteiger partial charge in [-0.1, -0.05) is 0 Å². The molecule has 0 amide bonds. The Morgan fingerprint density at radius 1 is 1.31 bits per heavy atom. The normalized spacial score (nSPS) is 10.6. The van der Waals surface area contributed by atoms with Gasteiger partial charge in [0.15, 0.2) is 0 Å². The van der Waals surface area contributed by atoms with E-state index in [2.05, 4.69) is 18.0 Å². The number of nitrogens with two attached hydrogens (primary N) is 1. The Kier molecular flexibility index (Phi) is 1.69. The van der Waals surface area contributed by atoms with Crippen LogP contribution < -0.4 is 5.73 Å². The number of aromatic nitrogens is 1. The molecule has 0 fully saturated rings. The van der Waals surface area contributed by atoms with E-state index in [0.29, 0.717) is 0 Å². The highest BCUT2D eigenvalue weighted by Crippen LogP contribution is 2.26. The molecular weight excluding hydrogens is 160 g/mol. The van der Waals surface area contributed by atoms with E-state index in [4.69, 9.17) is 5.73 Å². The number of nitrogen functional groups attached to an aromatic ring is 1. The first kappa shape index (κ1) is 8.05. The molecule has 0 bridgehead atoms. The van der Waals surface area contributed by atoms with E-state index in [-0.39, 0.29) is 0 Å². The standard InChI is InChI=1S/C11H12N2/c1-7-5-9-6-13-4-3-10(9)11(12)8(7)2/h3-6H,12H2,1-2H3. The molecule has 2 rings (SSSR count). The van der Waals surface area contributed by atoms with Crippen molar-refractivity contribution in [3.63, 3.8) is 0 Å².